The third-order valence-corrected chi connectivity index (χ3v) is 2.81. The fourth-order valence-corrected chi connectivity index (χ4v) is 2.01. The van der Waals surface area contributed by atoms with E-state index < -0.39 is 17.5 Å². The van der Waals surface area contributed by atoms with Gasteiger partial charge in [-0.25, -0.2) is 9.36 Å². The predicted molar refractivity (Wildman–Crippen MR) is 58.0 cm³/mol. The van der Waals surface area contributed by atoms with Crippen LogP contribution in [0.25, 0.3) is 0 Å². The summed E-state index contributed by atoms with van der Waals surface area (Å²) in [6.45, 7) is 0.222. The number of ether oxygens (including phenoxy) is 1. The second kappa shape index (κ2) is 5.35. The molecule has 0 radical (unpaired) electrons. The van der Waals surface area contributed by atoms with E-state index in [-0.39, 0.29) is 21.4 Å². The van der Waals surface area contributed by atoms with Crippen molar-refractivity contribution in [1.82, 2.24) is 9.55 Å². The highest BCUT2D eigenvalue weighted by Crippen LogP contribution is 2.27. The minimum Gasteiger partial charge on any atom is -0.352 e. The molecule has 7 nitrogen and oxygen atoms in total. The van der Waals surface area contributed by atoms with Gasteiger partial charge >= 0.3 is 14.4 Å². The molecular formula is C9H11N2O5P. The minimum absolute atomic E-state index is 0.180. The number of aromatic nitrogens is 2. The Morgan fingerprint density at radius 1 is 1.53 bits per heavy atom. The van der Waals surface area contributed by atoms with Crippen molar-refractivity contribution in [2.75, 3.05) is 6.61 Å². The van der Waals surface area contributed by atoms with Gasteiger partial charge in [0.25, 0.3) is 5.56 Å². The maximum atomic E-state index is 11.5. The molecule has 92 valence electrons. The molecule has 2 heterocycles. The van der Waals surface area contributed by atoms with E-state index in [2.05, 4.69) is 4.98 Å². The number of hydrogen-bond donors (Lipinski definition) is 1. The Balaban J connectivity index is 2.07. The summed E-state index contributed by atoms with van der Waals surface area (Å²) >= 11 is 0. The van der Waals surface area contributed by atoms with Gasteiger partial charge in [-0.1, -0.05) is 0 Å². The first kappa shape index (κ1) is 12.2. The third kappa shape index (κ3) is 2.88. The summed E-state index contributed by atoms with van der Waals surface area (Å²) in [5.74, 6) is 0. The first-order chi connectivity index (χ1) is 8.20. The molecule has 1 N–H and O–H groups in total. The highest BCUT2D eigenvalue weighted by atomic mass is 31.1. The van der Waals surface area contributed by atoms with Crippen LogP contribution in [0, 0.1) is 0 Å². The molecule has 1 aliphatic rings. The molecule has 2 rings (SSSR count). The number of H-pyrrole nitrogens is 1. The SMILES string of the molecule is O=POC[C@@H]1CC[C@H](n2ccc(=O)[nH]c2=O)O1. The summed E-state index contributed by atoms with van der Waals surface area (Å²) in [5.41, 5.74) is -0.930. The van der Waals surface area contributed by atoms with Crippen molar-refractivity contribution < 1.29 is 13.8 Å². The van der Waals surface area contributed by atoms with E-state index >= 15 is 0 Å². The lowest BCUT2D eigenvalue weighted by molar-refractivity contribution is -0.0181. The average molecular weight is 258 g/mol. The summed E-state index contributed by atoms with van der Waals surface area (Å²) in [5, 5.41) is 0. The fourth-order valence-electron chi connectivity index (χ4n) is 1.78. The van der Waals surface area contributed by atoms with Gasteiger partial charge in [0.1, 0.15) is 6.23 Å². The lowest BCUT2D eigenvalue weighted by Gasteiger charge is -2.14. The zero-order valence-electron chi connectivity index (χ0n) is 8.87. The van der Waals surface area contributed by atoms with Gasteiger partial charge in [0.2, 0.25) is 0 Å². The van der Waals surface area contributed by atoms with Crippen LogP contribution in [0.4, 0.5) is 0 Å². The molecule has 0 aliphatic carbocycles. The Morgan fingerprint density at radius 2 is 2.35 bits per heavy atom. The molecule has 1 aromatic heterocycles. The van der Waals surface area contributed by atoms with Crippen LogP contribution in [0.2, 0.25) is 0 Å². The van der Waals surface area contributed by atoms with Crippen molar-refractivity contribution >= 4 is 8.69 Å². The van der Waals surface area contributed by atoms with E-state index in [0.717, 1.165) is 0 Å². The lowest BCUT2D eigenvalue weighted by Crippen LogP contribution is -2.31. The summed E-state index contributed by atoms with van der Waals surface area (Å²) in [4.78, 5) is 24.6. The highest BCUT2D eigenvalue weighted by molar-refractivity contribution is 7.17. The standard InChI is InChI=1S/C9H11N2O5P/c12-7-3-4-11(9(13)10-7)8-2-1-6(16-8)5-15-17-14/h3-4,6,8H,1-2,5H2,(H,10,12,13)/t6-,8+/m0/s1. The zero-order valence-corrected chi connectivity index (χ0v) is 9.76. The summed E-state index contributed by atoms with van der Waals surface area (Å²) in [6.07, 6.45) is 2.18. The Bertz CT molecular complexity index is 511. The first-order valence-corrected chi connectivity index (χ1v) is 5.85. The molecule has 1 fully saturated rings. The number of nitrogens with one attached hydrogen (secondary N) is 1. The Hall–Kier alpha value is -1.30. The van der Waals surface area contributed by atoms with E-state index in [1.165, 1.54) is 16.8 Å². The van der Waals surface area contributed by atoms with Gasteiger partial charge in [-0.3, -0.25) is 18.9 Å². The van der Waals surface area contributed by atoms with Crippen LogP contribution >= 0.6 is 8.69 Å². The topological polar surface area (TPSA) is 90.4 Å². The van der Waals surface area contributed by atoms with E-state index in [1.54, 1.807) is 0 Å². The Morgan fingerprint density at radius 3 is 3.06 bits per heavy atom. The van der Waals surface area contributed by atoms with Gasteiger partial charge < -0.3 is 4.74 Å². The zero-order chi connectivity index (χ0) is 12.3. The largest absolute Gasteiger partial charge is 0.352 e. The van der Waals surface area contributed by atoms with Crippen molar-refractivity contribution in [2.24, 2.45) is 0 Å². The van der Waals surface area contributed by atoms with Crippen molar-refractivity contribution in [1.29, 1.82) is 0 Å². The molecule has 0 saturated carbocycles. The Labute approximate surface area is 97.7 Å². The van der Waals surface area contributed by atoms with Crippen LogP contribution in [0.15, 0.2) is 21.9 Å². The van der Waals surface area contributed by atoms with Crippen molar-refractivity contribution in [2.45, 2.75) is 25.2 Å². The molecule has 17 heavy (non-hydrogen) atoms. The van der Waals surface area contributed by atoms with E-state index in [9.17, 15) is 14.2 Å². The molecule has 0 aromatic carbocycles. The second-order valence-electron chi connectivity index (χ2n) is 3.68. The normalized spacial score (nSPS) is 24.2. The quantitative estimate of drug-likeness (QED) is 0.791. The summed E-state index contributed by atoms with van der Waals surface area (Å²) in [6, 6.07) is 1.27. The second-order valence-corrected chi connectivity index (χ2v) is 4.09. The van der Waals surface area contributed by atoms with Crippen molar-refractivity contribution in [3.05, 3.63) is 33.1 Å². The lowest BCUT2D eigenvalue weighted by atomic mass is 10.2. The van der Waals surface area contributed by atoms with Gasteiger partial charge in [-0.05, 0) is 12.8 Å². The van der Waals surface area contributed by atoms with E-state index in [1.807, 2.05) is 0 Å². The number of aromatic amines is 1. The highest BCUT2D eigenvalue weighted by Gasteiger charge is 2.27. The van der Waals surface area contributed by atoms with Gasteiger partial charge in [-0.2, -0.15) is 0 Å². The van der Waals surface area contributed by atoms with Crippen LogP contribution in [0.3, 0.4) is 0 Å². The molecule has 0 spiro atoms. The summed E-state index contributed by atoms with van der Waals surface area (Å²) in [7, 11) is -0.381. The molecule has 0 bridgehead atoms. The van der Waals surface area contributed by atoms with Crippen LogP contribution in [0.5, 0.6) is 0 Å². The van der Waals surface area contributed by atoms with Gasteiger partial charge in [-0.15, -0.1) is 0 Å². The van der Waals surface area contributed by atoms with Crippen molar-refractivity contribution in [3.8, 4) is 0 Å². The maximum Gasteiger partial charge on any atom is 0.330 e. The minimum atomic E-state index is -0.494. The molecule has 0 unspecified atom stereocenters. The number of hydrogen-bond acceptors (Lipinski definition) is 5. The first-order valence-electron chi connectivity index (χ1n) is 5.12. The monoisotopic (exact) mass is 258 g/mol. The van der Waals surface area contributed by atoms with Crippen LogP contribution in [0.1, 0.15) is 19.1 Å². The van der Waals surface area contributed by atoms with Gasteiger partial charge in [0.15, 0.2) is 0 Å². The predicted octanol–water partition coefficient (Wildman–Crippen LogP) is 0.437. The Kier molecular flexibility index (Phi) is 3.83. The molecule has 1 aromatic rings. The van der Waals surface area contributed by atoms with Gasteiger partial charge in [0, 0.05) is 12.3 Å². The van der Waals surface area contributed by atoms with Crippen LogP contribution < -0.4 is 11.2 Å². The third-order valence-electron chi connectivity index (χ3n) is 2.56. The molecule has 0 amide bonds. The number of nitrogens with zero attached hydrogens (tertiary/aromatic N) is 1. The molecule has 1 saturated heterocycles. The van der Waals surface area contributed by atoms with Gasteiger partial charge in [0.05, 0.1) is 12.7 Å². The van der Waals surface area contributed by atoms with Crippen LogP contribution in [-0.2, 0) is 13.8 Å². The fraction of sp³-hybridized carbons (Fsp3) is 0.556. The molecule has 8 heteroatoms. The van der Waals surface area contributed by atoms with E-state index in [0.29, 0.717) is 12.8 Å². The smallest absolute Gasteiger partial charge is 0.330 e. The number of rotatable bonds is 4. The van der Waals surface area contributed by atoms with E-state index in [4.69, 9.17) is 9.26 Å². The molecule has 1 aliphatic heterocycles. The van der Waals surface area contributed by atoms with Crippen LogP contribution in [-0.4, -0.2) is 22.3 Å². The molecule has 2 atom stereocenters. The average Bonchev–Trinajstić information content (AvgIpc) is 2.75. The molecular weight excluding hydrogens is 247 g/mol. The maximum absolute atomic E-state index is 11.5. The van der Waals surface area contributed by atoms with Crippen molar-refractivity contribution in [3.63, 3.8) is 0 Å². The summed E-state index contributed by atoms with van der Waals surface area (Å²) < 4.78 is 21.7.